The molecular weight excluding hydrogens is 160 g/mol. The Morgan fingerprint density at radius 2 is 2.45 bits per heavy atom. The normalized spacial score (nSPS) is 13.4. The van der Waals surface area contributed by atoms with Crippen molar-refractivity contribution in [3.63, 3.8) is 0 Å². The molecular formula is C8H13ClN2. The topological polar surface area (TPSA) is 17.8 Å². The highest BCUT2D eigenvalue weighted by Gasteiger charge is 2.00. The molecule has 0 amide bonds. The molecule has 0 aliphatic heterocycles. The molecule has 0 radical (unpaired) electrons. The summed E-state index contributed by atoms with van der Waals surface area (Å²) in [6.07, 6.45) is 3.09. The maximum atomic E-state index is 5.66. The monoisotopic (exact) mass is 172 g/mol. The molecule has 0 N–H and O–H groups in total. The zero-order valence-corrected chi connectivity index (χ0v) is 7.67. The zero-order chi connectivity index (χ0) is 8.27. The van der Waals surface area contributed by atoms with Crippen LogP contribution >= 0.6 is 11.6 Å². The minimum atomic E-state index is 0.577. The Balaban J connectivity index is 2.50. The summed E-state index contributed by atoms with van der Waals surface area (Å²) in [6.45, 7) is 5.34. The Morgan fingerprint density at radius 1 is 1.73 bits per heavy atom. The average molecular weight is 173 g/mol. The molecule has 2 nitrogen and oxygen atoms in total. The highest BCUT2D eigenvalue weighted by molar-refractivity contribution is 6.29. The van der Waals surface area contributed by atoms with Gasteiger partial charge in [-0.1, -0.05) is 31.9 Å². The zero-order valence-electron chi connectivity index (χ0n) is 6.92. The first-order chi connectivity index (χ1) is 5.22. The van der Waals surface area contributed by atoms with Crippen LogP contribution in [0, 0.1) is 5.92 Å². The number of rotatable bonds is 3. The molecule has 0 saturated carbocycles. The molecule has 0 saturated heterocycles. The van der Waals surface area contributed by atoms with Crippen LogP contribution < -0.4 is 0 Å². The Bertz CT molecular complexity index is 220. The molecule has 0 aliphatic rings. The van der Waals surface area contributed by atoms with Gasteiger partial charge in [-0.15, -0.1) is 0 Å². The third-order valence-electron chi connectivity index (χ3n) is 1.80. The molecule has 1 rings (SSSR count). The fraction of sp³-hybridized carbons (Fsp3) is 0.625. The van der Waals surface area contributed by atoms with Crippen LogP contribution in [0.2, 0.25) is 5.15 Å². The lowest BCUT2D eigenvalue weighted by atomic mass is 10.1. The fourth-order valence-electron chi connectivity index (χ4n) is 0.887. The van der Waals surface area contributed by atoms with Gasteiger partial charge in [-0.3, -0.25) is 4.68 Å². The summed E-state index contributed by atoms with van der Waals surface area (Å²) in [5.74, 6) is 0.672. The number of hydrogen-bond donors (Lipinski definition) is 0. The van der Waals surface area contributed by atoms with E-state index >= 15 is 0 Å². The van der Waals surface area contributed by atoms with Crippen molar-refractivity contribution in [1.29, 1.82) is 0 Å². The summed E-state index contributed by atoms with van der Waals surface area (Å²) in [4.78, 5) is 0. The van der Waals surface area contributed by atoms with Gasteiger partial charge in [0.25, 0.3) is 0 Å². The van der Waals surface area contributed by atoms with E-state index in [9.17, 15) is 0 Å². The molecule has 1 aromatic heterocycles. The Labute approximate surface area is 72.2 Å². The highest BCUT2D eigenvalue weighted by atomic mass is 35.5. The molecule has 11 heavy (non-hydrogen) atoms. The second kappa shape index (κ2) is 3.77. The maximum absolute atomic E-state index is 5.66. The van der Waals surface area contributed by atoms with E-state index in [1.807, 2.05) is 16.9 Å². The van der Waals surface area contributed by atoms with E-state index in [4.69, 9.17) is 11.6 Å². The van der Waals surface area contributed by atoms with E-state index < -0.39 is 0 Å². The first-order valence-corrected chi connectivity index (χ1v) is 4.29. The molecule has 0 fully saturated rings. The first kappa shape index (κ1) is 8.60. The quantitative estimate of drug-likeness (QED) is 0.686. The summed E-state index contributed by atoms with van der Waals surface area (Å²) in [7, 11) is 0. The summed E-state index contributed by atoms with van der Waals surface area (Å²) < 4.78 is 1.89. The molecule has 0 bridgehead atoms. The van der Waals surface area contributed by atoms with Crippen LogP contribution in [-0.2, 0) is 6.54 Å². The van der Waals surface area contributed by atoms with Gasteiger partial charge >= 0.3 is 0 Å². The van der Waals surface area contributed by atoms with Crippen molar-refractivity contribution in [2.75, 3.05) is 0 Å². The lowest BCUT2D eigenvalue weighted by molar-refractivity contribution is 0.439. The van der Waals surface area contributed by atoms with Gasteiger partial charge in [0, 0.05) is 12.7 Å². The van der Waals surface area contributed by atoms with E-state index in [2.05, 4.69) is 18.9 Å². The van der Waals surface area contributed by atoms with E-state index in [1.165, 1.54) is 6.42 Å². The lowest BCUT2D eigenvalue weighted by Gasteiger charge is -2.06. The van der Waals surface area contributed by atoms with Gasteiger partial charge in [0.1, 0.15) is 0 Å². The Kier molecular flexibility index (Phi) is 2.94. The van der Waals surface area contributed by atoms with Crippen molar-refractivity contribution in [3.05, 3.63) is 17.4 Å². The summed E-state index contributed by atoms with van der Waals surface area (Å²) in [5, 5.41) is 4.66. The van der Waals surface area contributed by atoms with Crippen LogP contribution in [0.3, 0.4) is 0 Å². The van der Waals surface area contributed by atoms with Crippen LogP contribution in [0.25, 0.3) is 0 Å². The lowest BCUT2D eigenvalue weighted by Crippen LogP contribution is -2.06. The largest absolute Gasteiger partial charge is 0.271 e. The third kappa shape index (κ3) is 2.54. The van der Waals surface area contributed by atoms with E-state index in [-0.39, 0.29) is 0 Å². The van der Waals surface area contributed by atoms with Crippen LogP contribution in [0.4, 0.5) is 0 Å². The van der Waals surface area contributed by atoms with Gasteiger partial charge in [-0.05, 0) is 12.0 Å². The van der Waals surface area contributed by atoms with Crippen LogP contribution in [0.5, 0.6) is 0 Å². The van der Waals surface area contributed by atoms with Gasteiger partial charge in [0.05, 0.1) is 0 Å². The SMILES string of the molecule is CCC(C)Cn1ccc(Cl)n1. The van der Waals surface area contributed by atoms with Gasteiger partial charge in [0.2, 0.25) is 0 Å². The molecule has 0 spiro atoms. The minimum Gasteiger partial charge on any atom is -0.271 e. The van der Waals surface area contributed by atoms with Gasteiger partial charge < -0.3 is 0 Å². The summed E-state index contributed by atoms with van der Waals surface area (Å²) in [6, 6.07) is 1.81. The Hall–Kier alpha value is -0.500. The van der Waals surface area contributed by atoms with Gasteiger partial charge in [0.15, 0.2) is 5.15 Å². The van der Waals surface area contributed by atoms with Crippen molar-refractivity contribution in [2.45, 2.75) is 26.8 Å². The maximum Gasteiger partial charge on any atom is 0.151 e. The molecule has 3 heteroatoms. The molecule has 1 atom stereocenters. The standard InChI is InChI=1S/C8H13ClN2/c1-3-7(2)6-11-5-4-8(9)10-11/h4-5,7H,3,6H2,1-2H3. The first-order valence-electron chi connectivity index (χ1n) is 3.91. The molecule has 0 aromatic carbocycles. The predicted molar refractivity (Wildman–Crippen MR) is 46.7 cm³/mol. The fourth-order valence-corrected chi connectivity index (χ4v) is 1.04. The number of hydrogen-bond acceptors (Lipinski definition) is 1. The van der Waals surface area contributed by atoms with E-state index in [1.54, 1.807) is 0 Å². The van der Waals surface area contributed by atoms with E-state index in [0.717, 1.165) is 6.54 Å². The van der Waals surface area contributed by atoms with Crippen molar-refractivity contribution < 1.29 is 0 Å². The third-order valence-corrected chi connectivity index (χ3v) is 2.01. The number of halogens is 1. The summed E-state index contributed by atoms with van der Waals surface area (Å²) >= 11 is 5.66. The molecule has 1 unspecified atom stereocenters. The van der Waals surface area contributed by atoms with Crippen LogP contribution in [0.15, 0.2) is 12.3 Å². The second-order valence-electron chi connectivity index (χ2n) is 2.87. The van der Waals surface area contributed by atoms with Crippen molar-refractivity contribution in [3.8, 4) is 0 Å². The molecule has 62 valence electrons. The molecule has 0 aliphatic carbocycles. The predicted octanol–water partition coefficient (Wildman–Crippen LogP) is 2.58. The van der Waals surface area contributed by atoms with Gasteiger partial charge in [-0.25, -0.2) is 0 Å². The van der Waals surface area contributed by atoms with Crippen molar-refractivity contribution in [2.24, 2.45) is 5.92 Å². The number of aromatic nitrogens is 2. The highest BCUT2D eigenvalue weighted by Crippen LogP contribution is 2.07. The molecule has 1 heterocycles. The summed E-state index contributed by atoms with van der Waals surface area (Å²) in [5.41, 5.74) is 0. The minimum absolute atomic E-state index is 0.577. The Morgan fingerprint density at radius 3 is 2.91 bits per heavy atom. The van der Waals surface area contributed by atoms with Gasteiger partial charge in [-0.2, -0.15) is 5.10 Å². The number of nitrogens with zero attached hydrogens (tertiary/aromatic N) is 2. The van der Waals surface area contributed by atoms with Crippen LogP contribution in [0.1, 0.15) is 20.3 Å². The molecule has 1 aromatic rings. The average Bonchev–Trinajstić information content (AvgIpc) is 2.35. The smallest absolute Gasteiger partial charge is 0.151 e. The second-order valence-corrected chi connectivity index (χ2v) is 3.26. The van der Waals surface area contributed by atoms with E-state index in [0.29, 0.717) is 11.1 Å². The van der Waals surface area contributed by atoms with Crippen molar-refractivity contribution >= 4 is 11.6 Å². The van der Waals surface area contributed by atoms with Crippen molar-refractivity contribution in [1.82, 2.24) is 9.78 Å². The van der Waals surface area contributed by atoms with Crippen LogP contribution in [-0.4, -0.2) is 9.78 Å².